The summed E-state index contributed by atoms with van der Waals surface area (Å²) in [5.74, 6) is -0.492. The molecule has 0 saturated carbocycles. The Balaban J connectivity index is 1.93. The smallest absolute Gasteiger partial charge is 0.338 e. The molecule has 1 amide bonds. The van der Waals surface area contributed by atoms with Crippen LogP contribution in [0.1, 0.15) is 22.8 Å². The molecule has 0 atom stereocenters. The van der Waals surface area contributed by atoms with Gasteiger partial charge in [0.25, 0.3) is 5.91 Å². The second kappa shape index (κ2) is 8.74. The minimum atomic E-state index is -0.611. The van der Waals surface area contributed by atoms with Crippen molar-refractivity contribution in [1.29, 1.82) is 0 Å². The van der Waals surface area contributed by atoms with Crippen LogP contribution in [0.25, 0.3) is 0 Å². The maximum atomic E-state index is 12.0. The van der Waals surface area contributed by atoms with E-state index in [1.807, 2.05) is 6.92 Å². The predicted molar refractivity (Wildman–Crippen MR) is 97.7 cm³/mol. The van der Waals surface area contributed by atoms with Crippen molar-refractivity contribution in [3.8, 4) is 5.75 Å². The zero-order chi connectivity index (χ0) is 18.4. The lowest BCUT2D eigenvalue weighted by atomic mass is 10.2. The van der Waals surface area contributed by atoms with Gasteiger partial charge in [0.2, 0.25) is 0 Å². The van der Waals surface area contributed by atoms with Gasteiger partial charge >= 0.3 is 5.97 Å². The number of carbonyl (C=O) groups excluding carboxylic acids is 2. The number of aryl methyl sites for hydroxylation is 1. The molecule has 0 aliphatic heterocycles. The summed E-state index contributed by atoms with van der Waals surface area (Å²) in [5, 5.41) is 3.21. The molecule has 132 valence electrons. The standard InChI is InChI=1S/C18H17Cl2NO4/c1-3-24-13-7-5-12(6-8-13)18(23)25-10-15(22)21-17-14(19)9-4-11(2)16(17)20/h4-9H,3,10H2,1-2H3,(H,21,22). The Morgan fingerprint density at radius 2 is 1.76 bits per heavy atom. The van der Waals surface area contributed by atoms with Gasteiger partial charge in [-0.1, -0.05) is 29.3 Å². The maximum absolute atomic E-state index is 12.0. The second-order valence-corrected chi connectivity index (χ2v) is 5.92. The Hall–Kier alpha value is -2.24. The fourth-order valence-electron chi connectivity index (χ4n) is 2.02. The van der Waals surface area contributed by atoms with E-state index in [9.17, 15) is 9.59 Å². The summed E-state index contributed by atoms with van der Waals surface area (Å²) in [7, 11) is 0. The van der Waals surface area contributed by atoms with Gasteiger partial charge in [-0.3, -0.25) is 4.79 Å². The van der Waals surface area contributed by atoms with Crippen LogP contribution in [0.3, 0.4) is 0 Å². The summed E-state index contributed by atoms with van der Waals surface area (Å²) in [6.45, 7) is 3.74. The number of halogens is 2. The van der Waals surface area contributed by atoms with Gasteiger partial charge < -0.3 is 14.8 Å². The fourth-order valence-corrected chi connectivity index (χ4v) is 2.48. The van der Waals surface area contributed by atoms with Gasteiger partial charge in [-0.15, -0.1) is 0 Å². The number of esters is 1. The molecule has 0 radical (unpaired) electrons. The zero-order valence-corrected chi connectivity index (χ0v) is 15.3. The number of ether oxygens (including phenoxy) is 2. The molecule has 2 aromatic rings. The number of nitrogens with one attached hydrogen (secondary N) is 1. The van der Waals surface area contributed by atoms with E-state index in [1.54, 1.807) is 43.3 Å². The highest BCUT2D eigenvalue weighted by molar-refractivity contribution is 6.40. The molecular weight excluding hydrogens is 365 g/mol. The zero-order valence-electron chi connectivity index (χ0n) is 13.8. The van der Waals surface area contributed by atoms with Gasteiger partial charge in [0.05, 0.1) is 27.9 Å². The van der Waals surface area contributed by atoms with Gasteiger partial charge in [-0.2, -0.15) is 0 Å². The van der Waals surface area contributed by atoms with Crippen molar-refractivity contribution in [2.24, 2.45) is 0 Å². The summed E-state index contributed by atoms with van der Waals surface area (Å²) in [4.78, 5) is 23.9. The Morgan fingerprint density at radius 1 is 1.08 bits per heavy atom. The first kappa shape index (κ1) is 19.1. The van der Waals surface area contributed by atoms with E-state index in [1.165, 1.54) is 0 Å². The monoisotopic (exact) mass is 381 g/mol. The average molecular weight is 382 g/mol. The Bertz CT molecular complexity index is 775. The molecule has 0 spiro atoms. The highest BCUT2D eigenvalue weighted by Gasteiger charge is 2.14. The van der Waals surface area contributed by atoms with E-state index >= 15 is 0 Å². The van der Waals surface area contributed by atoms with E-state index in [0.717, 1.165) is 5.56 Å². The average Bonchev–Trinajstić information content (AvgIpc) is 2.61. The van der Waals surface area contributed by atoms with Gasteiger partial charge in [0.1, 0.15) is 5.75 Å². The number of benzene rings is 2. The van der Waals surface area contributed by atoms with Crippen molar-refractivity contribution in [2.45, 2.75) is 13.8 Å². The molecule has 25 heavy (non-hydrogen) atoms. The summed E-state index contributed by atoms with van der Waals surface area (Å²) in [5.41, 5.74) is 1.39. The first-order valence-electron chi connectivity index (χ1n) is 7.56. The van der Waals surface area contributed by atoms with Crippen LogP contribution >= 0.6 is 23.2 Å². The Morgan fingerprint density at radius 3 is 2.40 bits per heavy atom. The minimum absolute atomic E-state index is 0.297. The van der Waals surface area contributed by atoms with E-state index in [-0.39, 0.29) is 0 Å². The maximum Gasteiger partial charge on any atom is 0.338 e. The molecule has 0 aromatic heterocycles. The Kier molecular flexibility index (Phi) is 6.67. The van der Waals surface area contributed by atoms with E-state index in [4.69, 9.17) is 32.7 Å². The molecule has 1 N–H and O–H groups in total. The molecule has 0 aliphatic rings. The van der Waals surface area contributed by atoms with Crippen molar-refractivity contribution < 1.29 is 19.1 Å². The molecule has 0 saturated heterocycles. The molecule has 0 fully saturated rings. The van der Waals surface area contributed by atoms with Gasteiger partial charge in [0, 0.05) is 0 Å². The van der Waals surface area contributed by atoms with Crippen LogP contribution in [0.2, 0.25) is 10.0 Å². The number of anilines is 1. The molecule has 0 unspecified atom stereocenters. The first-order valence-corrected chi connectivity index (χ1v) is 8.32. The van der Waals surface area contributed by atoms with Crippen LogP contribution in [0.5, 0.6) is 5.75 Å². The van der Waals surface area contributed by atoms with Crippen LogP contribution in [0, 0.1) is 6.92 Å². The van der Waals surface area contributed by atoms with Crippen molar-refractivity contribution in [1.82, 2.24) is 0 Å². The quantitative estimate of drug-likeness (QED) is 0.748. The third-order valence-corrected chi connectivity index (χ3v) is 4.09. The molecule has 0 aliphatic carbocycles. The third kappa shape index (κ3) is 5.11. The predicted octanol–water partition coefficient (Wildman–Crippen LogP) is 4.50. The lowest BCUT2D eigenvalue weighted by Crippen LogP contribution is -2.21. The molecule has 0 bridgehead atoms. The fraction of sp³-hybridized carbons (Fsp3) is 0.222. The van der Waals surface area contributed by atoms with Gasteiger partial charge in [0.15, 0.2) is 6.61 Å². The van der Waals surface area contributed by atoms with Crippen LogP contribution in [0.4, 0.5) is 5.69 Å². The van der Waals surface area contributed by atoms with Gasteiger partial charge in [-0.05, 0) is 49.7 Å². The van der Waals surface area contributed by atoms with Crippen molar-refractivity contribution in [2.75, 3.05) is 18.5 Å². The molecular formula is C18H17Cl2NO4. The first-order chi connectivity index (χ1) is 11.9. The van der Waals surface area contributed by atoms with E-state index < -0.39 is 18.5 Å². The highest BCUT2D eigenvalue weighted by Crippen LogP contribution is 2.32. The topological polar surface area (TPSA) is 64.6 Å². The number of rotatable bonds is 6. The SMILES string of the molecule is CCOc1ccc(C(=O)OCC(=O)Nc2c(Cl)ccc(C)c2Cl)cc1. The molecule has 7 heteroatoms. The lowest BCUT2D eigenvalue weighted by Gasteiger charge is -2.11. The third-order valence-electron chi connectivity index (χ3n) is 3.28. The number of amides is 1. The highest BCUT2D eigenvalue weighted by atomic mass is 35.5. The van der Waals surface area contributed by atoms with Crippen LogP contribution in [-0.4, -0.2) is 25.1 Å². The normalized spacial score (nSPS) is 10.2. The van der Waals surface area contributed by atoms with Gasteiger partial charge in [-0.25, -0.2) is 4.79 Å². The largest absolute Gasteiger partial charge is 0.494 e. The lowest BCUT2D eigenvalue weighted by molar-refractivity contribution is -0.119. The van der Waals surface area contributed by atoms with Crippen molar-refractivity contribution in [3.05, 3.63) is 57.6 Å². The van der Waals surface area contributed by atoms with Crippen LogP contribution in [-0.2, 0) is 9.53 Å². The summed E-state index contributed by atoms with van der Waals surface area (Å²) in [6, 6.07) is 9.83. The summed E-state index contributed by atoms with van der Waals surface area (Å²) in [6.07, 6.45) is 0. The Labute approximate surface area is 155 Å². The number of carbonyl (C=O) groups is 2. The van der Waals surface area contributed by atoms with Crippen LogP contribution < -0.4 is 10.1 Å². The van der Waals surface area contributed by atoms with Crippen molar-refractivity contribution in [3.63, 3.8) is 0 Å². The van der Waals surface area contributed by atoms with E-state index in [2.05, 4.69) is 5.32 Å². The minimum Gasteiger partial charge on any atom is -0.494 e. The molecule has 0 heterocycles. The van der Waals surface area contributed by atoms with Crippen LogP contribution in [0.15, 0.2) is 36.4 Å². The summed E-state index contributed by atoms with van der Waals surface area (Å²) < 4.78 is 10.3. The molecule has 5 nitrogen and oxygen atoms in total. The second-order valence-electron chi connectivity index (χ2n) is 5.13. The molecule has 2 rings (SSSR count). The van der Waals surface area contributed by atoms with E-state index in [0.29, 0.717) is 33.7 Å². The summed E-state index contributed by atoms with van der Waals surface area (Å²) >= 11 is 12.1. The number of hydrogen-bond donors (Lipinski definition) is 1. The molecule has 2 aromatic carbocycles. The van der Waals surface area contributed by atoms with Crippen molar-refractivity contribution >= 4 is 40.8 Å². The number of hydrogen-bond acceptors (Lipinski definition) is 4.